The van der Waals surface area contributed by atoms with Gasteiger partial charge < -0.3 is 10.1 Å². The first-order chi connectivity index (χ1) is 10.2. The maximum absolute atomic E-state index is 5.66. The molecular formula is C19H23NO. The van der Waals surface area contributed by atoms with Crippen molar-refractivity contribution in [2.75, 3.05) is 5.32 Å². The Labute approximate surface area is 127 Å². The van der Waals surface area contributed by atoms with Gasteiger partial charge in [-0.3, -0.25) is 0 Å². The summed E-state index contributed by atoms with van der Waals surface area (Å²) in [4.78, 5) is 0. The Kier molecular flexibility index (Phi) is 4.14. The molecule has 2 aromatic carbocycles. The minimum Gasteiger partial charge on any atom is -0.491 e. The van der Waals surface area contributed by atoms with Crippen LogP contribution in [0.25, 0.3) is 0 Å². The van der Waals surface area contributed by atoms with E-state index in [0.717, 1.165) is 5.75 Å². The largest absolute Gasteiger partial charge is 0.491 e. The number of hydrogen-bond acceptors (Lipinski definition) is 2. The summed E-state index contributed by atoms with van der Waals surface area (Å²) in [5.41, 5.74) is 2.65. The van der Waals surface area contributed by atoms with Gasteiger partial charge in [0.25, 0.3) is 0 Å². The molecule has 0 atom stereocenters. The van der Waals surface area contributed by atoms with Crippen LogP contribution in [0.1, 0.15) is 38.2 Å². The van der Waals surface area contributed by atoms with Gasteiger partial charge in [0, 0.05) is 11.7 Å². The number of rotatable bonds is 5. The molecule has 110 valence electrons. The number of nitrogens with one attached hydrogen (secondary N) is 1. The molecule has 21 heavy (non-hydrogen) atoms. The lowest BCUT2D eigenvalue weighted by Crippen LogP contribution is -2.33. The van der Waals surface area contributed by atoms with Gasteiger partial charge in [-0.2, -0.15) is 0 Å². The van der Waals surface area contributed by atoms with Crippen LogP contribution >= 0.6 is 0 Å². The first-order valence-corrected chi connectivity index (χ1v) is 7.79. The minimum atomic E-state index is 0.224. The molecule has 2 nitrogen and oxygen atoms in total. The highest BCUT2D eigenvalue weighted by atomic mass is 16.5. The lowest BCUT2D eigenvalue weighted by Gasteiger charge is -2.37. The SMILES string of the molecule is CC(C)Oc1ccc(NC2CC(c3ccccc3)C2)cc1. The van der Waals surface area contributed by atoms with Crippen molar-refractivity contribution in [3.63, 3.8) is 0 Å². The normalized spacial score (nSPS) is 20.9. The topological polar surface area (TPSA) is 21.3 Å². The molecular weight excluding hydrogens is 258 g/mol. The van der Waals surface area contributed by atoms with Crippen LogP contribution in [-0.4, -0.2) is 12.1 Å². The second-order valence-electron chi connectivity index (χ2n) is 6.11. The van der Waals surface area contributed by atoms with Crippen LogP contribution in [0.3, 0.4) is 0 Å². The molecule has 0 spiro atoms. The van der Waals surface area contributed by atoms with Crippen molar-refractivity contribution >= 4 is 5.69 Å². The summed E-state index contributed by atoms with van der Waals surface area (Å²) in [5, 5.41) is 3.60. The van der Waals surface area contributed by atoms with Gasteiger partial charge in [0.15, 0.2) is 0 Å². The molecule has 1 saturated carbocycles. The van der Waals surface area contributed by atoms with Gasteiger partial charge in [-0.25, -0.2) is 0 Å². The third kappa shape index (κ3) is 3.57. The van der Waals surface area contributed by atoms with E-state index in [1.807, 2.05) is 26.0 Å². The van der Waals surface area contributed by atoms with E-state index in [1.54, 1.807) is 0 Å². The molecule has 1 aliphatic rings. The Bertz CT molecular complexity index is 556. The van der Waals surface area contributed by atoms with Gasteiger partial charge in [-0.1, -0.05) is 30.3 Å². The summed E-state index contributed by atoms with van der Waals surface area (Å²) in [6.45, 7) is 4.09. The molecule has 0 aromatic heterocycles. The van der Waals surface area contributed by atoms with Crippen molar-refractivity contribution in [1.82, 2.24) is 0 Å². The smallest absolute Gasteiger partial charge is 0.119 e. The monoisotopic (exact) mass is 281 g/mol. The highest BCUT2D eigenvalue weighted by molar-refractivity contribution is 5.48. The standard InChI is InChI=1S/C19H23NO/c1-14(2)21-19-10-8-17(9-11-19)20-18-12-16(13-18)15-6-4-3-5-7-15/h3-11,14,16,18,20H,12-13H2,1-2H3. The van der Waals surface area contributed by atoms with E-state index < -0.39 is 0 Å². The summed E-state index contributed by atoms with van der Waals surface area (Å²) in [6.07, 6.45) is 2.66. The van der Waals surface area contributed by atoms with Gasteiger partial charge in [0.05, 0.1) is 6.10 Å². The van der Waals surface area contributed by atoms with E-state index in [4.69, 9.17) is 4.74 Å². The fraction of sp³-hybridized carbons (Fsp3) is 0.368. The van der Waals surface area contributed by atoms with Crippen LogP contribution in [0.4, 0.5) is 5.69 Å². The summed E-state index contributed by atoms with van der Waals surface area (Å²) >= 11 is 0. The molecule has 0 aliphatic heterocycles. The first-order valence-electron chi connectivity index (χ1n) is 7.79. The Morgan fingerprint density at radius 2 is 1.62 bits per heavy atom. The van der Waals surface area contributed by atoms with E-state index in [0.29, 0.717) is 12.0 Å². The van der Waals surface area contributed by atoms with Crippen molar-refractivity contribution in [3.8, 4) is 5.75 Å². The van der Waals surface area contributed by atoms with Gasteiger partial charge >= 0.3 is 0 Å². The van der Waals surface area contributed by atoms with E-state index in [1.165, 1.54) is 24.1 Å². The molecule has 0 amide bonds. The van der Waals surface area contributed by atoms with Gasteiger partial charge in [0.1, 0.15) is 5.75 Å². The van der Waals surface area contributed by atoms with Crippen LogP contribution < -0.4 is 10.1 Å². The summed E-state index contributed by atoms with van der Waals surface area (Å²) in [6, 6.07) is 19.7. The van der Waals surface area contributed by atoms with Crippen LogP contribution in [0, 0.1) is 0 Å². The van der Waals surface area contributed by atoms with E-state index in [2.05, 4.69) is 47.8 Å². The van der Waals surface area contributed by atoms with Crippen LogP contribution in [0.15, 0.2) is 54.6 Å². The fourth-order valence-corrected chi connectivity index (χ4v) is 2.87. The molecule has 0 heterocycles. The van der Waals surface area contributed by atoms with E-state index >= 15 is 0 Å². The van der Waals surface area contributed by atoms with E-state index in [-0.39, 0.29) is 6.10 Å². The fourth-order valence-electron chi connectivity index (χ4n) is 2.87. The average molecular weight is 281 g/mol. The Balaban J connectivity index is 1.50. The molecule has 0 saturated heterocycles. The summed E-state index contributed by atoms with van der Waals surface area (Å²) in [5.74, 6) is 1.65. The molecule has 1 aliphatic carbocycles. The van der Waals surface area contributed by atoms with Crippen molar-refractivity contribution in [2.24, 2.45) is 0 Å². The van der Waals surface area contributed by atoms with Crippen molar-refractivity contribution < 1.29 is 4.74 Å². The number of benzene rings is 2. The van der Waals surface area contributed by atoms with Gasteiger partial charge in [0.2, 0.25) is 0 Å². The predicted molar refractivity (Wildman–Crippen MR) is 88.0 cm³/mol. The van der Waals surface area contributed by atoms with Gasteiger partial charge in [-0.05, 0) is 62.4 Å². The average Bonchev–Trinajstić information content (AvgIpc) is 2.44. The first kappa shape index (κ1) is 14.0. The van der Waals surface area contributed by atoms with Gasteiger partial charge in [-0.15, -0.1) is 0 Å². The second kappa shape index (κ2) is 6.21. The quantitative estimate of drug-likeness (QED) is 0.847. The zero-order valence-electron chi connectivity index (χ0n) is 12.8. The molecule has 1 N–H and O–H groups in total. The number of anilines is 1. The van der Waals surface area contributed by atoms with E-state index in [9.17, 15) is 0 Å². The summed E-state index contributed by atoms with van der Waals surface area (Å²) in [7, 11) is 0. The maximum atomic E-state index is 5.66. The minimum absolute atomic E-state index is 0.224. The van der Waals surface area contributed by atoms with Crippen molar-refractivity contribution in [3.05, 3.63) is 60.2 Å². The molecule has 2 heteroatoms. The highest BCUT2D eigenvalue weighted by Crippen LogP contribution is 2.38. The van der Waals surface area contributed by atoms with Crippen molar-refractivity contribution in [2.45, 2.75) is 44.8 Å². The van der Waals surface area contributed by atoms with Crippen molar-refractivity contribution in [1.29, 1.82) is 0 Å². The molecule has 2 aromatic rings. The number of hydrogen-bond donors (Lipinski definition) is 1. The highest BCUT2D eigenvalue weighted by Gasteiger charge is 2.29. The molecule has 0 bridgehead atoms. The summed E-state index contributed by atoms with van der Waals surface area (Å²) < 4.78 is 5.66. The second-order valence-corrected chi connectivity index (χ2v) is 6.11. The van der Waals surface area contributed by atoms with Crippen LogP contribution in [0.2, 0.25) is 0 Å². The zero-order valence-corrected chi connectivity index (χ0v) is 12.8. The molecule has 1 fully saturated rings. The Hall–Kier alpha value is -1.96. The third-order valence-electron chi connectivity index (χ3n) is 4.01. The molecule has 3 rings (SSSR count). The Morgan fingerprint density at radius 1 is 0.952 bits per heavy atom. The number of ether oxygens (including phenoxy) is 1. The lowest BCUT2D eigenvalue weighted by molar-refractivity contribution is 0.242. The lowest BCUT2D eigenvalue weighted by atomic mass is 9.76. The maximum Gasteiger partial charge on any atom is 0.119 e. The van der Waals surface area contributed by atoms with Crippen LogP contribution in [0.5, 0.6) is 5.75 Å². The predicted octanol–water partition coefficient (Wildman–Crippen LogP) is 4.83. The van der Waals surface area contributed by atoms with Crippen LogP contribution in [-0.2, 0) is 0 Å². The molecule has 0 unspecified atom stereocenters. The molecule has 0 radical (unpaired) electrons. The zero-order chi connectivity index (χ0) is 14.7. The third-order valence-corrected chi connectivity index (χ3v) is 4.01. The Morgan fingerprint density at radius 3 is 2.24 bits per heavy atom.